The Morgan fingerprint density at radius 3 is 2.48 bits per heavy atom. The van der Waals surface area contributed by atoms with E-state index < -0.39 is 0 Å². The molecule has 0 saturated carbocycles. The second kappa shape index (κ2) is 8.78. The van der Waals surface area contributed by atoms with Gasteiger partial charge in [-0.1, -0.05) is 18.2 Å². The zero-order valence-electron chi connectivity index (χ0n) is 17.5. The topological polar surface area (TPSA) is 40.2 Å². The van der Waals surface area contributed by atoms with Crippen molar-refractivity contribution < 1.29 is 18.9 Å². The number of ether oxygens (including phenoxy) is 4. The van der Waals surface area contributed by atoms with Crippen molar-refractivity contribution in [2.75, 3.05) is 41.0 Å². The van der Waals surface area contributed by atoms with Gasteiger partial charge in [-0.05, 0) is 47.7 Å². The van der Waals surface area contributed by atoms with Crippen molar-refractivity contribution in [2.45, 2.75) is 25.8 Å². The van der Waals surface area contributed by atoms with Crippen LogP contribution in [0.15, 0.2) is 36.4 Å². The van der Waals surface area contributed by atoms with Crippen LogP contribution < -0.4 is 18.9 Å². The molecule has 0 saturated heterocycles. The Morgan fingerprint density at radius 2 is 1.72 bits per heavy atom. The average Bonchev–Trinajstić information content (AvgIpc) is 2.77. The van der Waals surface area contributed by atoms with Crippen LogP contribution in [-0.4, -0.2) is 45.9 Å². The molecule has 0 bridgehead atoms. The molecule has 2 aliphatic rings. The number of fused-ring (bicyclic) bond motifs is 2. The molecule has 5 nitrogen and oxygen atoms in total. The van der Waals surface area contributed by atoms with E-state index in [0.29, 0.717) is 6.61 Å². The molecule has 2 heterocycles. The van der Waals surface area contributed by atoms with Crippen molar-refractivity contribution in [1.29, 1.82) is 0 Å². The third kappa shape index (κ3) is 4.06. The van der Waals surface area contributed by atoms with Crippen molar-refractivity contribution in [2.24, 2.45) is 0 Å². The number of hydrogen-bond donors (Lipinski definition) is 0. The van der Waals surface area contributed by atoms with E-state index in [1.54, 1.807) is 21.3 Å². The SMILES string of the molecule is COc1cc2c(cc1OC)CN(CC/C=C1\CCOc3c(OC)cccc31)CC2. The van der Waals surface area contributed by atoms with Gasteiger partial charge in [-0.3, -0.25) is 4.90 Å². The maximum absolute atomic E-state index is 5.85. The Bertz CT molecular complexity index is 906. The maximum atomic E-state index is 5.85. The van der Waals surface area contributed by atoms with E-state index in [9.17, 15) is 0 Å². The molecule has 2 aromatic rings. The van der Waals surface area contributed by atoms with Crippen LogP contribution in [-0.2, 0) is 13.0 Å². The first-order valence-corrected chi connectivity index (χ1v) is 10.2. The molecule has 154 valence electrons. The smallest absolute Gasteiger partial charge is 0.168 e. The first kappa shape index (κ1) is 19.6. The van der Waals surface area contributed by atoms with Crippen LogP contribution >= 0.6 is 0 Å². The van der Waals surface area contributed by atoms with E-state index in [1.807, 2.05) is 12.1 Å². The van der Waals surface area contributed by atoms with Gasteiger partial charge in [0.15, 0.2) is 23.0 Å². The lowest BCUT2D eigenvalue weighted by molar-refractivity contribution is 0.257. The van der Waals surface area contributed by atoms with Crippen LogP contribution in [0.5, 0.6) is 23.0 Å². The summed E-state index contributed by atoms with van der Waals surface area (Å²) >= 11 is 0. The minimum absolute atomic E-state index is 0.706. The zero-order valence-corrected chi connectivity index (χ0v) is 17.5. The molecular weight excluding hydrogens is 366 g/mol. The van der Waals surface area contributed by atoms with Gasteiger partial charge in [-0.15, -0.1) is 0 Å². The molecule has 0 amide bonds. The predicted molar refractivity (Wildman–Crippen MR) is 114 cm³/mol. The summed E-state index contributed by atoms with van der Waals surface area (Å²) in [5, 5.41) is 0. The van der Waals surface area contributed by atoms with Crippen LogP contribution in [0.4, 0.5) is 0 Å². The molecular formula is C24H29NO4. The Hall–Kier alpha value is -2.66. The van der Waals surface area contributed by atoms with Crippen LogP contribution in [0, 0.1) is 0 Å². The second-order valence-corrected chi connectivity index (χ2v) is 7.46. The Labute approximate surface area is 172 Å². The number of rotatable bonds is 6. The highest BCUT2D eigenvalue weighted by Gasteiger charge is 2.21. The molecule has 0 unspecified atom stereocenters. The summed E-state index contributed by atoms with van der Waals surface area (Å²) in [6, 6.07) is 10.4. The van der Waals surface area contributed by atoms with Gasteiger partial charge in [0.2, 0.25) is 0 Å². The molecule has 5 heteroatoms. The van der Waals surface area contributed by atoms with Gasteiger partial charge in [-0.25, -0.2) is 0 Å². The molecule has 0 radical (unpaired) electrons. The molecule has 0 spiro atoms. The molecule has 0 N–H and O–H groups in total. The maximum Gasteiger partial charge on any atom is 0.168 e. The summed E-state index contributed by atoms with van der Waals surface area (Å²) in [4.78, 5) is 2.51. The van der Waals surface area contributed by atoms with E-state index in [-0.39, 0.29) is 0 Å². The quantitative estimate of drug-likeness (QED) is 0.728. The van der Waals surface area contributed by atoms with Gasteiger partial charge in [0, 0.05) is 31.6 Å². The van der Waals surface area contributed by atoms with Crippen molar-refractivity contribution in [3.8, 4) is 23.0 Å². The van der Waals surface area contributed by atoms with E-state index in [0.717, 1.165) is 67.5 Å². The average molecular weight is 395 g/mol. The lowest BCUT2D eigenvalue weighted by Gasteiger charge is -2.29. The fraction of sp³-hybridized carbons (Fsp3) is 0.417. The summed E-state index contributed by atoms with van der Waals surface area (Å²) in [7, 11) is 5.07. The van der Waals surface area contributed by atoms with Crippen LogP contribution in [0.1, 0.15) is 29.5 Å². The van der Waals surface area contributed by atoms with Gasteiger partial charge in [0.25, 0.3) is 0 Å². The highest BCUT2D eigenvalue weighted by molar-refractivity contribution is 5.74. The van der Waals surface area contributed by atoms with Crippen LogP contribution in [0.3, 0.4) is 0 Å². The van der Waals surface area contributed by atoms with Gasteiger partial charge in [0.1, 0.15) is 0 Å². The third-order valence-corrected chi connectivity index (χ3v) is 5.80. The lowest BCUT2D eigenvalue weighted by atomic mass is 9.97. The first-order chi connectivity index (χ1) is 14.2. The number of methoxy groups -OCH3 is 3. The molecule has 2 aromatic carbocycles. The van der Waals surface area contributed by atoms with Gasteiger partial charge in [-0.2, -0.15) is 0 Å². The Kier molecular flexibility index (Phi) is 5.95. The third-order valence-electron chi connectivity index (χ3n) is 5.80. The summed E-state index contributed by atoms with van der Waals surface area (Å²) in [6.07, 6.45) is 5.37. The molecule has 4 rings (SSSR count). The van der Waals surface area contributed by atoms with Crippen molar-refractivity contribution in [1.82, 2.24) is 4.90 Å². The predicted octanol–water partition coefficient (Wildman–Crippen LogP) is 4.33. The van der Waals surface area contributed by atoms with E-state index in [4.69, 9.17) is 18.9 Å². The zero-order chi connectivity index (χ0) is 20.2. The molecule has 0 aliphatic carbocycles. The van der Waals surface area contributed by atoms with Crippen molar-refractivity contribution in [3.63, 3.8) is 0 Å². The normalized spacial score (nSPS) is 17.3. The fourth-order valence-corrected chi connectivity index (χ4v) is 4.24. The molecule has 2 aliphatic heterocycles. The number of nitrogens with zero attached hydrogens (tertiary/aromatic N) is 1. The molecule has 0 fully saturated rings. The Morgan fingerprint density at radius 1 is 0.966 bits per heavy atom. The van der Waals surface area contributed by atoms with E-state index in [1.165, 1.54) is 16.7 Å². The molecule has 29 heavy (non-hydrogen) atoms. The van der Waals surface area contributed by atoms with Crippen molar-refractivity contribution in [3.05, 3.63) is 53.1 Å². The van der Waals surface area contributed by atoms with Gasteiger partial charge >= 0.3 is 0 Å². The largest absolute Gasteiger partial charge is 0.493 e. The Balaban J connectivity index is 1.43. The van der Waals surface area contributed by atoms with Gasteiger partial charge < -0.3 is 18.9 Å². The van der Waals surface area contributed by atoms with Crippen LogP contribution in [0.2, 0.25) is 0 Å². The summed E-state index contributed by atoms with van der Waals surface area (Å²) < 4.78 is 22.2. The van der Waals surface area contributed by atoms with Gasteiger partial charge in [0.05, 0.1) is 27.9 Å². The monoisotopic (exact) mass is 395 g/mol. The minimum Gasteiger partial charge on any atom is -0.493 e. The second-order valence-electron chi connectivity index (χ2n) is 7.46. The minimum atomic E-state index is 0.706. The number of benzene rings is 2. The highest BCUT2D eigenvalue weighted by Crippen LogP contribution is 2.40. The van der Waals surface area contributed by atoms with E-state index in [2.05, 4.69) is 29.2 Å². The number of hydrogen-bond acceptors (Lipinski definition) is 5. The standard InChI is InChI=1S/C24H29NO4/c1-26-21-8-4-7-20-17(10-13-29-24(20)21)6-5-11-25-12-9-18-14-22(27-2)23(28-3)15-19(18)16-25/h4,6-8,14-15H,5,9-13,16H2,1-3H3/b17-6+. The lowest BCUT2D eigenvalue weighted by Crippen LogP contribution is -2.31. The number of para-hydroxylation sites is 1. The van der Waals surface area contributed by atoms with E-state index >= 15 is 0 Å². The van der Waals surface area contributed by atoms with Crippen LogP contribution in [0.25, 0.3) is 5.57 Å². The molecule has 0 aromatic heterocycles. The summed E-state index contributed by atoms with van der Waals surface area (Å²) in [6.45, 7) is 3.76. The highest BCUT2D eigenvalue weighted by atomic mass is 16.5. The fourth-order valence-electron chi connectivity index (χ4n) is 4.24. The van der Waals surface area contributed by atoms with Crippen molar-refractivity contribution >= 4 is 5.57 Å². The summed E-state index contributed by atoms with van der Waals surface area (Å²) in [5.41, 5.74) is 5.22. The first-order valence-electron chi connectivity index (χ1n) is 10.2. The molecule has 0 atom stereocenters. The summed E-state index contributed by atoms with van der Waals surface area (Å²) in [5.74, 6) is 3.31.